The number of ether oxygens (including phenoxy) is 1. The SMILES string of the molecule is CNc1ncnc(N(C)C2CCCC2)c1OC. The third kappa shape index (κ3) is 2.28. The maximum absolute atomic E-state index is 5.42. The van der Waals surface area contributed by atoms with Crippen molar-refractivity contribution in [2.75, 3.05) is 31.4 Å². The van der Waals surface area contributed by atoms with Gasteiger partial charge in [0.05, 0.1) is 7.11 Å². The fourth-order valence-corrected chi connectivity index (χ4v) is 2.45. The molecule has 0 spiro atoms. The fraction of sp³-hybridized carbons (Fsp3) is 0.667. The van der Waals surface area contributed by atoms with Crippen molar-refractivity contribution in [1.82, 2.24) is 9.97 Å². The van der Waals surface area contributed by atoms with Crippen LogP contribution in [0.4, 0.5) is 11.6 Å². The van der Waals surface area contributed by atoms with Crippen LogP contribution in [-0.4, -0.2) is 37.2 Å². The number of hydrogen-bond acceptors (Lipinski definition) is 5. The monoisotopic (exact) mass is 236 g/mol. The Morgan fingerprint density at radius 2 is 2.06 bits per heavy atom. The zero-order chi connectivity index (χ0) is 12.3. The Morgan fingerprint density at radius 3 is 2.65 bits per heavy atom. The third-order valence-corrected chi connectivity index (χ3v) is 3.43. The lowest BCUT2D eigenvalue weighted by Gasteiger charge is -2.27. The molecule has 1 aromatic rings. The second-order valence-corrected chi connectivity index (χ2v) is 4.38. The van der Waals surface area contributed by atoms with E-state index in [1.54, 1.807) is 13.4 Å². The number of anilines is 2. The van der Waals surface area contributed by atoms with Crippen molar-refractivity contribution < 1.29 is 4.74 Å². The van der Waals surface area contributed by atoms with Crippen LogP contribution in [0, 0.1) is 0 Å². The van der Waals surface area contributed by atoms with Crippen LogP contribution in [-0.2, 0) is 0 Å². The van der Waals surface area contributed by atoms with Crippen molar-refractivity contribution >= 4 is 11.6 Å². The highest BCUT2D eigenvalue weighted by atomic mass is 16.5. The molecule has 1 aliphatic rings. The molecule has 0 unspecified atom stereocenters. The minimum atomic E-state index is 0.573. The first-order valence-electron chi connectivity index (χ1n) is 6.07. The molecular weight excluding hydrogens is 216 g/mol. The molecule has 1 aliphatic carbocycles. The van der Waals surface area contributed by atoms with Gasteiger partial charge in [-0.05, 0) is 12.8 Å². The first-order valence-corrected chi connectivity index (χ1v) is 6.07. The standard InChI is InChI=1S/C12H20N4O/c1-13-11-10(17-3)12(15-8-14-11)16(2)9-6-4-5-7-9/h8-9H,4-7H2,1-3H3,(H,13,14,15). The Bertz CT molecular complexity index is 377. The number of nitrogens with zero attached hydrogens (tertiary/aromatic N) is 3. The maximum Gasteiger partial charge on any atom is 0.204 e. The fourth-order valence-electron chi connectivity index (χ4n) is 2.45. The summed E-state index contributed by atoms with van der Waals surface area (Å²) in [7, 11) is 5.58. The number of methoxy groups -OCH3 is 1. The lowest BCUT2D eigenvalue weighted by Crippen LogP contribution is -2.30. The van der Waals surface area contributed by atoms with Crippen LogP contribution < -0.4 is 15.0 Å². The minimum absolute atomic E-state index is 0.573. The van der Waals surface area contributed by atoms with E-state index in [2.05, 4.69) is 27.2 Å². The van der Waals surface area contributed by atoms with Gasteiger partial charge in [-0.25, -0.2) is 9.97 Å². The summed E-state index contributed by atoms with van der Waals surface area (Å²) in [6.45, 7) is 0. The van der Waals surface area contributed by atoms with Gasteiger partial charge in [0.15, 0.2) is 11.6 Å². The van der Waals surface area contributed by atoms with E-state index in [-0.39, 0.29) is 0 Å². The Morgan fingerprint density at radius 1 is 1.35 bits per heavy atom. The number of rotatable bonds is 4. The van der Waals surface area contributed by atoms with Crippen LogP contribution in [0.25, 0.3) is 0 Å². The van der Waals surface area contributed by atoms with Crippen molar-refractivity contribution in [1.29, 1.82) is 0 Å². The number of hydrogen-bond donors (Lipinski definition) is 1. The second-order valence-electron chi connectivity index (χ2n) is 4.38. The van der Waals surface area contributed by atoms with Gasteiger partial charge in [-0.2, -0.15) is 0 Å². The summed E-state index contributed by atoms with van der Waals surface area (Å²) in [4.78, 5) is 10.7. The average molecular weight is 236 g/mol. The van der Waals surface area contributed by atoms with Gasteiger partial charge in [-0.15, -0.1) is 0 Å². The molecule has 0 aliphatic heterocycles. The highest BCUT2D eigenvalue weighted by Gasteiger charge is 2.24. The first-order chi connectivity index (χ1) is 8.27. The van der Waals surface area contributed by atoms with Gasteiger partial charge in [0.1, 0.15) is 6.33 Å². The largest absolute Gasteiger partial charge is 0.490 e. The van der Waals surface area contributed by atoms with Crippen LogP contribution in [0.5, 0.6) is 5.75 Å². The number of nitrogens with one attached hydrogen (secondary N) is 1. The van der Waals surface area contributed by atoms with Gasteiger partial charge >= 0.3 is 0 Å². The van der Waals surface area contributed by atoms with Crippen LogP contribution in [0.1, 0.15) is 25.7 Å². The molecule has 17 heavy (non-hydrogen) atoms. The van der Waals surface area contributed by atoms with Crippen molar-refractivity contribution in [2.24, 2.45) is 0 Å². The summed E-state index contributed by atoms with van der Waals surface area (Å²) in [5.74, 6) is 2.34. The minimum Gasteiger partial charge on any atom is -0.490 e. The van der Waals surface area contributed by atoms with Gasteiger partial charge in [0, 0.05) is 20.1 Å². The van der Waals surface area contributed by atoms with Crippen molar-refractivity contribution in [3.63, 3.8) is 0 Å². The Hall–Kier alpha value is -1.52. The number of aromatic nitrogens is 2. The quantitative estimate of drug-likeness (QED) is 0.865. The maximum atomic E-state index is 5.42. The third-order valence-electron chi connectivity index (χ3n) is 3.43. The molecule has 5 nitrogen and oxygen atoms in total. The summed E-state index contributed by atoms with van der Waals surface area (Å²) in [5, 5.41) is 3.03. The smallest absolute Gasteiger partial charge is 0.204 e. The van der Waals surface area contributed by atoms with E-state index in [9.17, 15) is 0 Å². The van der Waals surface area contributed by atoms with E-state index in [0.717, 1.165) is 17.4 Å². The molecule has 0 radical (unpaired) electrons. The Kier molecular flexibility index (Phi) is 3.66. The molecule has 0 aromatic carbocycles. The topological polar surface area (TPSA) is 50.3 Å². The molecule has 0 saturated heterocycles. The highest BCUT2D eigenvalue weighted by Crippen LogP contribution is 2.34. The van der Waals surface area contributed by atoms with Crippen molar-refractivity contribution in [2.45, 2.75) is 31.7 Å². The van der Waals surface area contributed by atoms with Crippen LogP contribution >= 0.6 is 0 Å². The van der Waals surface area contributed by atoms with Gasteiger partial charge in [-0.1, -0.05) is 12.8 Å². The molecular formula is C12H20N4O. The van der Waals surface area contributed by atoms with E-state index in [1.165, 1.54) is 25.7 Å². The lowest BCUT2D eigenvalue weighted by molar-refractivity contribution is 0.411. The Balaban J connectivity index is 2.29. The summed E-state index contributed by atoms with van der Waals surface area (Å²) >= 11 is 0. The molecule has 5 heteroatoms. The predicted molar refractivity (Wildman–Crippen MR) is 68.8 cm³/mol. The molecule has 0 atom stereocenters. The Labute approximate surface area is 102 Å². The summed E-state index contributed by atoms with van der Waals surface area (Å²) in [5.41, 5.74) is 0. The van der Waals surface area contributed by atoms with Crippen molar-refractivity contribution in [3.8, 4) is 5.75 Å². The van der Waals surface area contributed by atoms with E-state index in [0.29, 0.717) is 6.04 Å². The molecule has 0 bridgehead atoms. The van der Waals surface area contributed by atoms with E-state index >= 15 is 0 Å². The van der Waals surface area contributed by atoms with E-state index in [1.807, 2.05) is 7.05 Å². The molecule has 0 amide bonds. The van der Waals surface area contributed by atoms with Crippen LogP contribution in [0.2, 0.25) is 0 Å². The van der Waals surface area contributed by atoms with Crippen LogP contribution in [0.15, 0.2) is 6.33 Å². The zero-order valence-corrected chi connectivity index (χ0v) is 10.7. The normalized spacial score (nSPS) is 15.9. The van der Waals surface area contributed by atoms with Gasteiger partial charge < -0.3 is 15.0 Å². The van der Waals surface area contributed by atoms with Crippen LogP contribution in [0.3, 0.4) is 0 Å². The first kappa shape index (κ1) is 12.0. The summed E-state index contributed by atoms with van der Waals surface area (Å²) in [6, 6.07) is 0.573. The van der Waals surface area contributed by atoms with E-state index < -0.39 is 0 Å². The molecule has 2 rings (SSSR count). The molecule has 1 saturated carbocycles. The molecule has 1 aromatic heterocycles. The zero-order valence-electron chi connectivity index (χ0n) is 10.7. The molecule has 1 fully saturated rings. The highest BCUT2D eigenvalue weighted by molar-refractivity contribution is 5.64. The van der Waals surface area contributed by atoms with Crippen molar-refractivity contribution in [3.05, 3.63) is 6.33 Å². The second kappa shape index (κ2) is 5.21. The lowest BCUT2D eigenvalue weighted by atomic mass is 10.2. The molecule has 1 N–H and O–H groups in total. The summed E-state index contributed by atoms with van der Waals surface area (Å²) in [6.07, 6.45) is 6.66. The van der Waals surface area contributed by atoms with E-state index in [4.69, 9.17) is 4.74 Å². The predicted octanol–water partition coefficient (Wildman–Crippen LogP) is 1.91. The van der Waals surface area contributed by atoms with Gasteiger partial charge in [-0.3, -0.25) is 0 Å². The van der Waals surface area contributed by atoms with Gasteiger partial charge in [0.2, 0.25) is 5.75 Å². The average Bonchev–Trinajstić information content (AvgIpc) is 2.90. The van der Waals surface area contributed by atoms with Gasteiger partial charge in [0.25, 0.3) is 0 Å². The summed E-state index contributed by atoms with van der Waals surface area (Å²) < 4.78 is 5.42. The molecule has 94 valence electrons. The molecule has 1 heterocycles.